The fourth-order valence-corrected chi connectivity index (χ4v) is 4.43. The average Bonchev–Trinajstić information content (AvgIpc) is 2.98. The summed E-state index contributed by atoms with van der Waals surface area (Å²) < 4.78 is 1.10. The molecule has 1 heterocycles. The molecule has 1 nitrogen and oxygen atoms in total. The fraction of sp³-hybridized carbons (Fsp3) is 0.333. The first kappa shape index (κ1) is 21.6. The van der Waals surface area contributed by atoms with E-state index in [2.05, 4.69) is 109 Å². The molecule has 152 valence electrons. The van der Waals surface area contributed by atoms with Crippen molar-refractivity contribution >= 4 is 21.5 Å². The quantitative estimate of drug-likeness (QED) is 0.392. The molecular formula is C27H32BrN. The Labute approximate surface area is 185 Å². The Hall–Kier alpha value is -2.06. The number of benzene rings is 2. The van der Waals surface area contributed by atoms with Crippen molar-refractivity contribution in [2.24, 2.45) is 5.92 Å². The number of nitrogens with zero attached hydrogens (tertiary/aromatic N) is 1. The molecule has 0 bridgehead atoms. The van der Waals surface area contributed by atoms with Crippen LogP contribution in [0.2, 0.25) is 0 Å². The number of unbranched alkanes of at least 4 members (excludes halogenated alkanes) is 1. The monoisotopic (exact) mass is 449 g/mol. The lowest BCUT2D eigenvalue weighted by atomic mass is 9.86. The van der Waals surface area contributed by atoms with Crippen LogP contribution in [0.5, 0.6) is 0 Å². The highest BCUT2D eigenvalue weighted by Gasteiger charge is 2.37. The van der Waals surface area contributed by atoms with Crippen molar-refractivity contribution in [3.8, 4) is 0 Å². The van der Waals surface area contributed by atoms with Crippen molar-refractivity contribution in [1.82, 2.24) is 4.90 Å². The van der Waals surface area contributed by atoms with Gasteiger partial charge in [-0.15, -0.1) is 0 Å². The third-order valence-electron chi connectivity index (χ3n) is 5.60. The van der Waals surface area contributed by atoms with Crippen LogP contribution in [0, 0.1) is 5.92 Å². The summed E-state index contributed by atoms with van der Waals surface area (Å²) in [5.41, 5.74) is 7.50. The molecule has 0 saturated heterocycles. The van der Waals surface area contributed by atoms with Crippen LogP contribution < -0.4 is 0 Å². The van der Waals surface area contributed by atoms with Crippen molar-refractivity contribution in [3.63, 3.8) is 0 Å². The van der Waals surface area contributed by atoms with Gasteiger partial charge in [0.15, 0.2) is 0 Å². The predicted molar refractivity (Wildman–Crippen MR) is 130 cm³/mol. The summed E-state index contributed by atoms with van der Waals surface area (Å²) in [5.74, 6) is 0.567. The molecule has 2 aromatic rings. The molecule has 1 aliphatic heterocycles. The SMILES string of the molecule is C=C(C1=C(CC(C)C)C(=C)N(CCCC)C1c1ccc(Br)cc1)c1ccccc1. The van der Waals surface area contributed by atoms with E-state index >= 15 is 0 Å². The van der Waals surface area contributed by atoms with Gasteiger partial charge in [0.2, 0.25) is 0 Å². The van der Waals surface area contributed by atoms with Gasteiger partial charge < -0.3 is 4.90 Å². The molecular weight excluding hydrogens is 418 g/mol. The van der Waals surface area contributed by atoms with Gasteiger partial charge >= 0.3 is 0 Å². The largest absolute Gasteiger partial charge is 0.361 e. The minimum Gasteiger partial charge on any atom is -0.361 e. The van der Waals surface area contributed by atoms with Crippen molar-refractivity contribution < 1.29 is 0 Å². The second kappa shape index (κ2) is 9.63. The molecule has 29 heavy (non-hydrogen) atoms. The minimum absolute atomic E-state index is 0.170. The van der Waals surface area contributed by atoms with E-state index in [1.54, 1.807) is 0 Å². The third-order valence-corrected chi connectivity index (χ3v) is 6.13. The highest BCUT2D eigenvalue weighted by atomic mass is 79.9. The summed E-state index contributed by atoms with van der Waals surface area (Å²) in [4.78, 5) is 2.51. The summed E-state index contributed by atoms with van der Waals surface area (Å²) in [6.07, 6.45) is 3.35. The molecule has 0 aromatic heterocycles. The van der Waals surface area contributed by atoms with Crippen molar-refractivity contribution in [1.29, 1.82) is 0 Å². The molecule has 1 unspecified atom stereocenters. The summed E-state index contributed by atoms with van der Waals surface area (Å²) in [6, 6.07) is 19.5. The van der Waals surface area contributed by atoms with E-state index in [1.165, 1.54) is 34.4 Å². The second-order valence-corrected chi connectivity index (χ2v) is 9.20. The van der Waals surface area contributed by atoms with Crippen LogP contribution in [0.1, 0.15) is 57.2 Å². The molecule has 2 heteroatoms. The number of hydrogen-bond acceptors (Lipinski definition) is 1. The topological polar surface area (TPSA) is 3.24 Å². The van der Waals surface area contributed by atoms with Crippen LogP contribution in [0.3, 0.4) is 0 Å². The van der Waals surface area contributed by atoms with Crippen LogP contribution in [0.25, 0.3) is 5.57 Å². The molecule has 2 aromatic carbocycles. The molecule has 0 spiro atoms. The number of hydrogen-bond donors (Lipinski definition) is 0. The standard InChI is InChI=1S/C27H32BrN/c1-6-7-17-29-21(5)25(18-19(2)3)26(20(4)22-11-9-8-10-12-22)27(29)23-13-15-24(28)16-14-23/h8-16,19,27H,4-7,17-18H2,1-3H3. The predicted octanol–water partition coefficient (Wildman–Crippen LogP) is 8.18. The molecule has 1 atom stereocenters. The lowest BCUT2D eigenvalue weighted by Crippen LogP contribution is -2.25. The molecule has 1 aliphatic rings. The minimum atomic E-state index is 0.170. The zero-order valence-corrected chi connectivity index (χ0v) is 19.5. The van der Waals surface area contributed by atoms with Gasteiger partial charge in [0.05, 0.1) is 6.04 Å². The summed E-state index contributed by atoms with van der Waals surface area (Å²) in [7, 11) is 0. The van der Waals surface area contributed by atoms with E-state index in [0.717, 1.165) is 29.4 Å². The summed E-state index contributed by atoms with van der Waals surface area (Å²) in [5, 5.41) is 0. The van der Waals surface area contributed by atoms with E-state index in [4.69, 9.17) is 0 Å². The lowest BCUT2D eigenvalue weighted by molar-refractivity contribution is 0.310. The van der Waals surface area contributed by atoms with Crippen LogP contribution in [-0.4, -0.2) is 11.4 Å². The fourth-order valence-electron chi connectivity index (χ4n) is 4.17. The van der Waals surface area contributed by atoms with Gasteiger partial charge in [-0.1, -0.05) is 98.7 Å². The maximum absolute atomic E-state index is 4.57. The highest BCUT2D eigenvalue weighted by Crippen LogP contribution is 2.49. The van der Waals surface area contributed by atoms with Gasteiger partial charge in [-0.25, -0.2) is 0 Å². The molecule has 0 aliphatic carbocycles. The highest BCUT2D eigenvalue weighted by molar-refractivity contribution is 9.10. The van der Waals surface area contributed by atoms with E-state index in [1.807, 2.05) is 0 Å². The van der Waals surface area contributed by atoms with E-state index in [9.17, 15) is 0 Å². The van der Waals surface area contributed by atoms with Crippen molar-refractivity contribution in [3.05, 3.63) is 100 Å². The van der Waals surface area contributed by atoms with Crippen molar-refractivity contribution in [2.75, 3.05) is 6.54 Å². The first-order chi connectivity index (χ1) is 13.9. The second-order valence-electron chi connectivity index (χ2n) is 8.28. The number of allylic oxidation sites excluding steroid dienone is 1. The zero-order valence-electron chi connectivity index (χ0n) is 17.9. The molecule has 0 saturated carbocycles. The Morgan fingerprint density at radius 1 is 1.07 bits per heavy atom. The Bertz CT molecular complexity index is 890. The van der Waals surface area contributed by atoms with E-state index in [-0.39, 0.29) is 6.04 Å². The maximum Gasteiger partial charge on any atom is 0.0805 e. The zero-order chi connectivity index (χ0) is 21.0. The molecule has 0 radical (unpaired) electrons. The maximum atomic E-state index is 4.57. The van der Waals surface area contributed by atoms with Gasteiger partial charge in [-0.3, -0.25) is 0 Å². The lowest BCUT2D eigenvalue weighted by Gasteiger charge is -2.31. The molecule has 0 fully saturated rings. The van der Waals surface area contributed by atoms with E-state index in [0.29, 0.717) is 5.92 Å². The normalized spacial score (nSPS) is 16.8. The third kappa shape index (κ3) is 4.75. The Morgan fingerprint density at radius 3 is 2.31 bits per heavy atom. The van der Waals surface area contributed by atoms with Crippen LogP contribution >= 0.6 is 15.9 Å². The van der Waals surface area contributed by atoms with Crippen LogP contribution in [0.4, 0.5) is 0 Å². The number of halogens is 1. The van der Waals surface area contributed by atoms with Gasteiger partial charge in [-0.2, -0.15) is 0 Å². The van der Waals surface area contributed by atoms with E-state index < -0.39 is 0 Å². The summed E-state index contributed by atoms with van der Waals surface area (Å²) >= 11 is 3.59. The Morgan fingerprint density at radius 2 is 1.72 bits per heavy atom. The Kier molecular flexibility index (Phi) is 7.18. The number of rotatable bonds is 8. The summed E-state index contributed by atoms with van der Waals surface area (Å²) in [6.45, 7) is 17.0. The van der Waals surface area contributed by atoms with Gasteiger partial charge in [-0.05, 0) is 58.7 Å². The van der Waals surface area contributed by atoms with Crippen LogP contribution in [-0.2, 0) is 0 Å². The van der Waals surface area contributed by atoms with Gasteiger partial charge in [0.25, 0.3) is 0 Å². The first-order valence-corrected chi connectivity index (χ1v) is 11.4. The van der Waals surface area contributed by atoms with Gasteiger partial charge in [0.1, 0.15) is 0 Å². The van der Waals surface area contributed by atoms with Crippen molar-refractivity contribution in [2.45, 2.75) is 46.1 Å². The molecule has 3 rings (SSSR count). The molecule has 0 amide bonds. The smallest absolute Gasteiger partial charge is 0.0805 e. The van der Waals surface area contributed by atoms with Crippen LogP contribution in [0.15, 0.2) is 89.1 Å². The first-order valence-electron chi connectivity index (χ1n) is 10.6. The Balaban J connectivity index is 2.15. The van der Waals surface area contributed by atoms with Gasteiger partial charge in [0, 0.05) is 16.7 Å². The molecule has 0 N–H and O–H groups in total. The average molecular weight is 450 g/mol.